The van der Waals surface area contributed by atoms with Gasteiger partial charge in [-0.3, -0.25) is 0 Å². The predicted octanol–water partition coefficient (Wildman–Crippen LogP) is 2.78. The molecule has 0 saturated heterocycles. The molecule has 0 radical (unpaired) electrons. The Morgan fingerprint density at radius 3 is 1.84 bits per heavy atom. The molecule has 0 saturated carbocycles. The highest BCUT2D eigenvalue weighted by molar-refractivity contribution is 7.72. The molecule has 2 rings (SSSR count). The topological polar surface area (TPSA) is 60.2 Å². The van der Waals surface area contributed by atoms with Gasteiger partial charge in [0.15, 0.2) is 10.7 Å². The Labute approximate surface area is 115 Å². The van der Waals surface area contributed by atoms with Crippen LogP contribution in [-0.2, 0) is 10.7 Å². The third kappa shape index (κ3) is 3.15. The Kier molecular flexibility index (Phi) is 4.22. The first-order valence-electron chi connectivity index (χ1n) is 6.21. The average Bonchev–Trinajstić information content (AvgIpc) is 2.42. The van der Waals surface area contributed by atoms with Gasteiger partial charge in [0.25, 0.3) is 0 Å². The molecule has 2 N–H and O–H groups in total. The fraction of sp³-hybridized carbons (Fsp3) is 0.200. The van der Waals surface area contributed by atoms with E-state index in [1.807, 2.05) is 36.4 Å². The van der Waals surface area contributed by atoms with Crippen LogP contribution in [0, 0.1) is 0 Å². The standard InChI is InChI=1S/C15H17NO2S/c1-2-15(11-3-7-13(16)8-4-11)12-5-9-14(10-6-12)19(17)18/h3-10,15,19H,2,16H2,1H3. The van der Waals surface area contributed by atoms with E-state index >= 15 is 0 Å². The van der Waals surface area contributed by atoms with Gasteiger partial charge in [-0.25, -0.2) is 8.42 Å². The first-order valence-corrected chi connectivity index (χ1v) is 7.39. The van der Waals surface area contributed by atoms with E-state index in [9.17, 15) is 8.42 Å². The number of thiol groups is 1. The maximum atomic E-state index is 10.9. The summed E-state index contributed by atoms with van der Waals surface area (Å²) in [6, 6.07) is 14.9. The van der Waals surface area contributed by atoms with Crippen LogP contribution >= 0.6 is 0 Å². The van der Waals surface area contributed by atoms with E-state index in [-0.39, 0.29) is 5.92 Å². The van der Waals surface area contributed by atoms with E-state index in [2.05, 4.69) is 6.92 Å². The summed E-state index contributed by atoms with van der Waals surface area (Å²) in [4.78, 5) is 0.353. The zero-order valence-electron chi connectivity index (χ0n) is 10.7. The first-order chi connectivity index (χ1) is 9.11. The van der Waals surface area contributed by atoms with Crippen molar-refractivity contribution >= 4 is 16.4 Å². The van der Waals surface area contributed by atoms with Crippen molar-refractivity contribution in [2.45, 2.75) is 24.2 Å². The second kappa shape index (κ2) is 5.89. The van der Waals surface area contributed by atoms with Crippen molar-refractivity contribution in [3.63, 3.8) is 0 Å². The van der Waals surface area contributed by atoms with Gasteiger partial charge in [-0.15, -0.1) is 0 Å². The summed E-state index contributed by atoms with van der Waals surface area (Å²) in [7, 11) is -2.51. The van der Waals surface area contributed by atoms with Crippen molar-refractivity contribution in [2.24, 2.45) is 0 Å². The molecule has 4 heteroatoms. The van der Waals surface area contributed by atoms with Gasteiger partial charge in [0.05, 0.1) is 4.90 Å². The zero-order valence-corrected chi connectivity index (χ0v) is 11.6. The molecule has 0 aliphatic carbocycles. The Balaban J connectivity index is 2.33. The molecule has 1 unspecified atom stereocenters. The van der Waals surface area contributed by atoms with Crippen molar-refractivity contribution in [3.05, 3.63) is 59.7 Å². The minimum Gasteiger partial charge on any atom is -0.399 e. The Morgan fingerprint density at radius 1 is 0.947 bits per heavy atom. The predicted molar refractivity (Wildman–Crippen MR) is 78.0 cm³/mol. The fourth-order valence-electron chi connectivity index (χ4n) is 2.22. The number of nitrogen functional groups attached to an aromatic ring is 1. The van der Waals surface area contributed by atoms with Crippen LogP contribution in [0.15, 0.2) is 53.4 Å². The highest BCUT2D eigenvalue weighted by atomic mass is 32.2. The lowest BCUT2D eigenvalue weighted by molar-refractivity contribution is 0.614. The van der Waals surface area contributed by atoms with Gasteiger partial charge >= 0.3 is 0 Å². The lowest BCUT2D eigenvalue weighted by Crippen LogP contribution is -2.00. The van der Waals surface area contributed by atoms with Crippen molar-refractivity contribution < 1.29 is 8.42 Å². The number of rotatable bonds is 4. The molecule has 0 heterocycles. The van der Waals surface area contributed by atoms with Crippen LogP contribution in [-0.4, -0.2) is 8.42 Å². The maximum Gasteiger partial charge on any atom is 0.168 e. The number of hydrogen-bond donors (Lipinski definition) is 2. The number of nitrogens with two attached hydrogens (primary N) is 1. The molecule has 0 fully saturated rings. The summed E-state index contributed by atoms with van der Waals surface area (Å²) >= 11 is 0. The van der Waals surface area contributed by atoms with Gasteiger partial charge in [-0.1, -0.05) is 31.2 Å². The summed E-state index contributed by atoms with van der Waals surface area (Å²) < 4.78 is 21.8. The third-order valence-electron chi connectivity index (χ3n) is 3.25. The summed E-state index contributed by atoms with van der Waals surface area (Å²) in [5.41, 5.74) is 8.75. The number of benzene rings is 2. The smallest absolute Gasteiger partial charge is 0.168 e. The van der Waals surface area contributed by atoms with Gasteiger partial charge in [-0.05, 0) is 41.8 Å². The maximum absolute atomic E-state index is 10.9. The largest absolute Gasteiger partial charge is 0.399 e. The van der Waals surface area contributed by atoms with Gasteiger partial charge in [-0.2, -0.15) is 0 Å². The molecule has 0 amide bonds. The Hall–Kier alpha value is -1.81. The summed E-state index contributed by atoms with van der Waals surface area (Å²) in [5.74, 6) is 0.263. The van der Waals surface area contributed by atoms with Crippen molar-refractivity contribution in [3.8, 4) is 0 Å². The van der Waals surface area contributed by atoms with Crippen LogP contribution in [0.4, 0.5) is 5.69 Å². The molecule has 100 valence electrons. The van der Waals surface area contributed by atoms with Crippen molar-refractivity contribution in [1.82, 2.24) is 0 Å². The van der Waals surface area contributed by atoms with Crippen molar-refractivity contribution in [1.29, 1.82) is 0 Å². The first kappa shape index (κ1) is 13.6. The molecule has 0 aromatic heterocycles. The molecule has 0 aliphatic heterocycles. The normalized spacial score (nSPS) is 12.5. The monoisotopic (exact) mass is 275 g/mol. The van der Waals surface area contributed by atoms with Gasteiger partial charge in [0.2, 0.25) is 0 Å². The fourth-order valence-corrected chi connectivity index (χ4v) is 2.61. The Bertz CT molecular complexity index is 608. The van der Waals surface area contributed by atoms with Gasteiger partial charge < -0.3 is 5.73 Å². The molecular weight excluding hydrogens is 258 g/mol. The zero-order chi connectivity index (χ0) is 13.8. The molecule has 0 bridgehead atoms. The summed E-state index contributed by atoms with van der Waals surface area (Å²) in [6.07, 6.45) is 0.951. The molecule has 3 nitrogen and oxygen atoms in total. The van der Waals surface area contributed by atoms with Crippen LogP contribution < -0.4 is 5.73 Å². The molecule has 1 atom stereocenters. The quantitative estimate of drug-likeness (QED) is 0.666. The summed E-state index contributed by atoms with van der Waals surface area (Å²) in [6.45, 7) is 2.11. The van der Waals surface area contributed by atoms with E-state index in [0.29, 0.717) is 4.90 Å². The summed E-state index contributed by atoms with van der Waals surface area (Å²) in [5, 5.41) is 0. The lowest BCUT2D eigenvalue weighted by atomic mass is 9.89. The van der Waals surface area contributed by atoms with Gasteiger partial charge in [0.1, 0.15) is 0 Å². The molecule has 2 aromatic rings. The molecule has 19 heavy (non-hydrogen) atoms. The third-order valence-corrected chi connectivity index (χ3v) is 3.97. The Morgan fingerprint density at radius 2 is 1.42 bits per heavy atom. The molecule has 2 aromatic carbocycles. The lowest BCUT2D eigenvalue weighted by Gasteiger charge is -2.16. The average molecular weight is 275 g/mol. The number of anilines is 1. The van der Waals surface area contributed by atoms with Crippen LogP contribution in [0.2, 0.25) is 0 Å². The minimum absolute atomic E-state index is 0.263. The van der Waals surface area contributed by atoms with E-state index < -0.39 is 10.7 Å². The van der Waals surface area contributed by atoms with Crippen LogP contribution in [0.1, 0.15) is 30.4 Å². The molecule has 0 spiro atoms. The second-order valence-electron chi connectivity index (χ2n) is 4.48. The highest BCUT2D eigenvalue weighted by Gasteiger charge is 2.12. The van der Waals surface area contributed by atoms with Crippen LogP contribution in [0.25, 0.3) is 0 Å². The van der Waals surface area contributed by atoms with E-state index in [0.717, 1.165) is 17.7 Å². The van der Waals surface area contributed by atoms with Crippen LogP contribution in [0.3, 0.4) is 0 Å². The highest BCUT2D eigenvalue weighted by Crippen LogP contribution is 2.28. The SMILES string of the molecule is CCC(c1ccc(N)cc1)c1ccc([SH](=O)=O)cc1. The van der Waals surface area contributed by atoms with Gasteiger partial charge in [0, 0.05) is 11.6 Å². The van der Waals surface area contributed by atoms with E-state index in [1.165, 1.54) is 5.56 Å². The molecular formula is C15H17NO2S. The number of hydrogen-bond acceptors (Lipinski definition) is 3. The second-order valence-corrected chi connectivity index (χ2v) is 5.51. The van der Waals surface area contributed by atoms with E-state index in [1.54, 1.807) is 12.1 Å². The molecule has 0 aliphatic rings. The minimum atomic E-state index is -2.51. The van der Waals surface area contributed by atoms with E-state index in [4.69, 9.17) is 5.73 Å². The van der Waals surface area contributed by atoms with Crippen LogP contribution in [0.5, 0.6) is 0 Å². The van der Waals surface area contributed by atoms with Crippen molar-refractivity contribution in [2.75, 3.05) is 5.73 Å².